The second-order valence-electron chi connectivity index (χ2n) is 10.2. The summed E-state index contributed by atoms with van der Waals surface area (Å²) in [6.45, 7) is 1.34. The van der Waals surface area contributed by atoms with Crippen LogP contribution in [0.25, 0.3) is 22.2 Å². The molecule has 1 saturated carbocycles. The van der Waals surface area contributed by atoms with Gasteiger partial charge in [0.15, 0.2) is 0 Å². The molecule has 1 aliphatic rings. The van der Waals surface area contributed by atoms with E-state index in [0.717, 1.165) is 71.5 Å². The Morgan fingerprint density at radius 1 is 0.897 bits per heavy atom. The smallest absolute Gasteiger partial charge is 0.126 e. The maximum absolute atomic E-state index is 13.7. The fourth-order valence-electron chi connectivity index (χ4n) is 5.32. The Morgan fingerprint density at radius 3 is 2.59 bits per heavy atom. The van der Waals surface area contributed by atoms with Crippen molar-refractivity contribution in [1.29, 1.82) is 0 Å². The average Bonchev–Trinajstić information content (AvgIpc) is 3.36. The summed E-state index contributed by atoms with van der Waals surface area (Å²) in [6, 6.07) is 21.7. The lowest BCUT2D eigenvalue weighted by Gasteiger charge is -2.30. The van der Waals surface area contributed by atoms with Crippen LogP contribution in [0, 0.1) is 5.82 Å². The molecule has 0 aliphatic heterocycles. The number of rotatable bonds is 8. The molecule has 1 aliphatic carbocycles. The van der Waals surface area contributed by atoms with Crippen LogP contribution in [0.2, 0.25) is 5.02 Å². The third-order valence-corrected chi connectivity index (χ3v) is 7.71. The Hall–Kier alpha value is -3.81. The first-order valence-corrected chi connectivity index (χ1v) is 13.7. The summed E-state index contributed by atoms with van der Waals surface area (Å²) in [5, 5.41) is 7.87. The van der Waals surface area contributed by atoms with Gasteiger partial charge in [0, 0.05) is 43.1 Å². The monoisotopic (exact) mass is 540 g/mol. The van der Waals surface area contributed by atoms with Crippen molar-refractivity contribution in [3.05, 3.63) is 108 Å². The molecule has 0 atom stereocenters. The van der Waals surface area contributed by atoms with Gasteiger partial charge in [-0.15, -0.1) is 0 Å². The molecule has 5 aromatic rings. The summed E-state index contributed by atoms with van der Waals surface area (Å²) >= 11 is 6.62. The quantitative estimate of drug-likeness (QED) is 0.225. The van der Waals surface area contributed by atoms with Crippen LogP contribution in [0.15, 0.2) is 85.5 Å². The largest absolute Gasteiger partial charge is 0.367 e. The highest BCUT2D eigenvalue weighted by Crippen LogP contribution is 2.32. The molecule has 0 amide bonds. The Morgan fingerprint density at radius 2 is 1.77 bits per heavy atom. The third-order valence-electron chi connectivity index (χ3n) is 7.41. The van der Waals surface area contributed by atoms with E-state index in [1.165, 1.54) is 6.07 Å². The van der Waals surface area contributed by atoms with E-state index in [9.17, 15) is 4.39 Å². The predicted octanol–water partition coefficient (Wildman–Crippen LogP) is 6.85. The van der Waals surface area contributed by atoms with Crippen LogP contribution in [-0.4, -0.2) is 31.6 Å². The van der Waals surface area contributed by atoms with Crippen molar-refractivity contribution in [3.63, 3.8) is 0 Å². The third kappa shape index (κ3) is 6.10. The van der Waals surface area contributed by atoms with E-state index >= 15 is 0 Å². The van der Waals surface area contributed by atoms with E-state index in [-0.39, 0.29) is 5.82 Å². The van der Waals surface area contributed by atoms with Crippen molar-refractivity contribution in [3.8, 4) is 11.1 Å². The van der Waals surface area contributed by atoms with Gasteiger partial charge in [0.2, 0.25) is 0 Å². The van der Waals surface area contributed by atoms with Gasteiger partial charge in [-0.2, -0.15) is 0 Å². The second-order valence-corrected chi connectivity index (χ2v) is 10.6. The zero-order valence-corrected chi connectivity index (χ0v) is 22.3. The number of benzene rings is 2. The van der Waals surface area contributed by atoms with Gasteiger partial charge in [-0.25, -0.2) is 14.4 Å². The zero-order chi connectivity index (χ0) is 26.6. The van der Waals surface area contributed by atoms with Crippen LogP contribution < -0.4 is 10.6 Å². The van der Waals surface area contributed by atoms with Gasteiger partial charge in [0.25, 0.3) is 0 Å². The number of imidazole rings is 1. The van der Waals surface area contributed by atoms with Gasteiger partial charge in [-0.1, -0.05) is 35.9 Å². The van der Waals surface area contributed by atoms with E-state index in [2.05, 4.69) is 37.7 Å². The molecule has 39 heavy (non-hydrogen) atoms. The van der Waals surface area contributed by atoms with Crippen molar-refractivity contribution in [1.82, 2.24) is 24.8 Å². The van der Waals surface area contributed by atoms with Crippen molar-refractivity contribution in [2.24, 2.45) is 0 Å². The molecule has 0 spiro atoms. The average molecular weight is 541 g/mol. The minimum absolute atomic E-state index is 0.240. The molecule has 3 aromatic heterocycles. The first-order chi connectivity index (χ1) is 19.1. The van der Waals surface area contributed by atoms with Crippen LogP contribution in [0.5, 0.6) is 0 Å². The molecule has 6 nitrogen and oxygen atoms in total. The maximum Gasteiger partial charge on any atom is 0.126 e. The SMILES string of the molecule is Fc1cccc(Cn2cnc3ccc(-c4cc(N[C@H]5CC[C@H](NCc6ccccn6)CC5)ncc4Cl)cc32)c1. The molecule has 2 aromatic carbocycles. The number of aromatic nitrogens is 4. The number of halogens is 2. The van der Waals surface area contributed by atoms with Gasteiger partial charge in [-0.3, -0.25) is 4.98 Å². The van der Waals surface area contributed by atoms with Crippen LogP contribution in [-0.2, 0) is 13.1 Å². The molecule has 0 radical (unpaired) electrons. The number of fused-ring (bicyclic) bond motifs is 1. The summed E-state index contributed by atoms with van der Waals surface area (Å²) in [6.07, 6.45) is 9.71. The Bertz CT molecular complexity index is 1560. The lowest BCUT2D eigenvalue weighted by molar-refractivity contribution is 0.351. The molecule has 198 valence electrons. The standard InChI is InChI=1S/C31H30ClFN6/c32-28-18-36-31(38-25-10-8-24(9-11-25)35-17-26-6-1-2-13-34-26)16-27(28)22-7-12-29-30(15-22)39(20-37-29)19-21-4-3-5-23(33)14-21/h1-7,12-16,18,20,24-25,35H,8-11,17,19H2,(H,36,38)/t24-,25-. The maximum atomic E-state index is 13.7. The molecule has 1 fully saturated rings. The lowest BCUT2D eigenvalue weighted by Crippen LogP contribution is -2.36. The van der Waals surface area contributed by atoms with Gasteiger partial charge >= 0.3 is 0 Å². The molecule has 6 rings (SSSR count). The van der Waals surface area contributed by atoms with Crippen molar-refractivity contribution in [2.75, 3.05) is 5.32 Å². The molecule has 0 unspecified atom stereocenters. The van der Waals surface area contributed by atoms with E-state index in [0.29, 0.717) is 23.7 Å². The summed E-state index contributed by atoms with van der Waals surface area (Å²) in [7, 11) is 0. The highest BCUT2D eigenvalue weighted by molar-refractivity contribution is 6.33. The Balaban J connectivity index is 1.13. The van der Waals surface area contributed by atoms with Crippen molar-refractivity contribution >= 4 is 28.5 Å². The molecule has 2 N–H and O–H groups in total. The van der Waals surface area contributed by atoms with Gasteiger partial charge < -0.3 is 15.2 Å². The van der Waals surface area contributed by atoms with Crippen molar-refractivity contribution in [2.45, 2.75) is 50.9 Å². The highest BCUT2D eigenvalue weighted by Gasteiger charge is 2.21. The van der Waals surface area contributed by atoms with E-state index in [1.54, 1.807) is 24.7 Å². The number of nitrogens with zero attached hydrogens (tertiary/aromatic N) is 4. The van der Waals surface area contributed by atoms with Crippen LogP contribution in [0.4, 0.5) is 10.2 Å². The van der Waals surface area contributed by atoms with Crippen LogP contribution in [0.3, 0.4) is 0 Å². The normalized spacial score (nSPS) is 17.4. The molecule has 0 saturated heterocycles. The van der Waals surface area contributed by atoms with Crippen LogP contribution in [0.1, 0.15) is 36.9 Å². The number of hydrogen-bond acceptors (Lipinski definition) is 5. The summed E-state index contributed by atoms with van der Waals surface area (Å²) in [4.78, 5) is 13.5. The lowest BCUT2D eigenvalue weighted by atomic mass is 9.91. The first kappa shape index (κ1) is 25.5. The first-order valence-electron chi connectivity index (χ1n) is 13.4. The van der Waals surface area contributed by atoms with E-state index < -0.39 is 0 Å². The Labute approximate surface area is 232 Å². The summed E-state index contributed by atoms with van der Waals surface area (Å²) in [5.41, 5.74) is 5.71. The fraction of sp³-hybridized carbons (Fsp3) is 0.258. The number of anilines is 1. The Kier molecular flexibility index (Phi) is 7.52. The topological polar surface area (TPSA) is 67.7 Å². The number of pyridine rings is 2. The summed E-state index contributed by atoms with van der Waals surface area (Å²) < 4.78 is 15.7. The minimum Gasteiger partial charge on any atom is -0.367 e. The van der Waals surface area contributed by atoms with E-state index in [1.807, 2.05) is 47.2 Å². The fourth-order valence-corrected chi connectivity index (χ4v) is 5.54. The highest BCUT2D eigenvalue weighted by atomic mass is 35.5. The molecular weight excluding hydrogens is 511 g/mol. The molecule has 8 heteroatoms. The number of nitrogens with one attached hydrogen (secondary N) is 2. The molecular formula is C31H30ClFN6. The number of hydrogen-bond donors (Lipinski definition) is 2. The van der Waals surface area contributed by atoms with Gasteiger partial charge in [-0.05, 0) is 79.3 Å². The van der Waals surface area contributed by atoms with Gasteiger partial charge in [0.1, 0.15) is 11.6 Å². The van der Waals surface area contributed by atoms with Crippen LogP contribution >= 0.6 is 11.6 Å². The predicted molar refractivity (Wildman–Crippen MR) is 154 cm³/mol. The summed E-state index contributed by atoms with van der Waals surface area (Å²) in [5.74, 6) is 0.586. The zero-order valence-electron chi connectivity index (χ0n) is 21.5. The minimum atomic E-state index is -0.240. The van der Waals surface area contributed by atoms with Gasteiger partial charge in [0.05, 0.1) is 28.1 Å². The molecule has 0 bridgehead atoms. The van der Waals surface area contributed by atoms with E-state index in [4.69, 9.17) is 11.6 Å². The van der Waals surface area contributed by atoms with Crippen molar-refractivity contribution < 1.29 is 4.39 Å². The second kappa shape index (κ2) is 11.5. The molecule has 3 heterocycles.